The van der Waals surface area contributed by atoms with E-state index in [9.17, 15) is 4.79 Å². The molecule has 0 aliphatic heterocycles. The van der Waals surface area contributed by atoms with Crippen LogP contribution in [0.5, 0.6) is 0 Å². The number of methoxy groups -OCH3 is 2. The highest BCUT2D eigenvalue weighted by Crippen LogP contribution is 2.21. The third-order valence-corrected chi connectivity index (χ3v) is 2.81. The minimum Gasteiger partial charge on any atom is -0.465 e. The summed E-state index contributed by atoms with van der Waals surface area (Å²) in [5, 5.41) is 3.31. The summed E-state index contributed by atoms with van der Waals surface area (Å²) in [5.41, 5.74) is 7.40. The van der Waals surface area contributed by atoms with E-state index < -0.39 is 5.97 Å². The van der Waals surface area contributed by atoms with Gasteiger partial charge in [-0.3, -0.25) is 0 Å². The first kappa shape index (κ1) is 15.3. The minimum atomic E-state index is -0.400. The van der Waals surface area contributed by atoms with Crippen molar-refractivity contribution in [3.05, 3.63) is 23.8 Å². The second-order valence-electron chi connectivity index (χ2n) is 4.38. The Labute approximate surface area is 114 Å². The lowest BCUT2D eigenvalue weighted by atomic mass is 10.1. The zero-order valence-electron chi connectivity index (χ0n) is 11.7. The van der Waals surface area contributed by atoms with Gasteiger partial charge in [-0.15, -0.1) is 0 Å². The SMILES string of the molecule is CCCC(COC)Nc1ccc(N)cc1C(=O)OC. The van der Waals surface area contributed by atoms with Crippen molar-refractivity contribution in [2.75, 3.05) is 31.9 Å². The van der Waals surface area contributed by atoms with Gasteiger partial charge in [0.1, 0.15) is 0 Å². The summed E-state index contributed by atoms with van der Waals surface area (Å²) in [4.78, 5) is 11.7. The monoisotopic (exact) mass is 266 g/mol. The highest BCUT2D eigenvalue weighted by molar-refractivity contribution is 5.96. The molecule has 1 aromatic rings. The van der Waals surface area contributed by atoms with Crippen molar-refractivity contribution in [1.82, 2.24) is 0 Å². The fourth-order valence-corrected chi connectivity index (χ4v) is 1.93. The molecule has 0 aliphatic carbocycles. The molecule has 0 aliphatic rings. The molecule has 1 unspecified atom stereocenters. The first-order valence-electron chi connectivity index (χ1n) is 6.35. The van der Waals surface area contributed by atoms with Crippen molar-refractivity contribution in [3.63, 3.8) is 0 Å². The number of nitrogen functional groups attached to an aromatic ring is 1. The van der Waals surface area contributed by atoms with Crippen molar-refractivity contribution in [1.29, 1.82) is 0 Å². The standard InChI is InChI=1S/C14H22N2O3/c1-4-5-11(9-18-2)16-13-7-6-10(15)8-12(13)14(17)19-3/h6-8,11,16H,4-5,9,15H2,1-3H3. The van der Waals surface area contributed by atoms with Crippen LogP contribution in [0.2, 0.25) is 0 Å². The molecule has 0 bridgehead atoms. The highest BCUT2D eigenvalue weighted by Gasteiger charge is 2.15. The van der Waals surface area contributed by atoms with Gasteiger partial charge in [-0.25, -0.2) is 4.79 Å². The summed E-state index contributed by atoms with van der Waals surface area (Å²) in [6.45, 7) is 2.69. The van der Waals surface area contributed by atoms with E-state index in [0.717, 1.165) is 18.5 Å². The maximum atomic E-state index is 11.7. The van der Waals surface area contributed by atoms with Crippen LogP contribution in [0.1, 0.15) is 30.1 Å². The van der Waals surface area contributed by atoms with Crippen LogP contribution in [-0.4, -0.2) is 32.8 Å². The summed E-state index contributed by atoms with van der Waals surface area (Å²) in [6.07, 6.45) is 1.99. The molecule has 1 rings (SSSR count). The molecule has 0 heterocycles. The molecule has 106 valence electrons. The van der Waals surface area contributed by atoms with E-state index in [-0.39, 0.29) is 6.04 Å². The number of nitrogens with two attached hydrogens (primary N) is 1. The van der Waals surface area contributed by atoms with Crippen LogP contribution >= 0.6 is 0 Å². The van der Waals surface area contributed by atoms with E-state index in [2.05, 4.69) is 12.2 Å². The molecule has 0 fully saturated rings. The summed E-state index contributed by atoms with van der Waals surface area (Å²) < 4.78 is 9.94. The first-order chi connectivity index (χ1) is 9.12. The van der Waals surface area contributed by atoms with Crippen LogP contribution in [0.25, 0.3) is 0 Å². The molecule has 1 aromatic carbocycles. The summed E-state index contributed by atoms with van der Waals surface area (Å²) in [5.74, 6) is -0.400. The van der Waals surface area contributed by atoms with E-state index in [1.54, 1.807) is 25.3 Å². The minimum absolute atomic E-state index is 0.155. The van der Waals surface area contributed by atoms with Crippen molar-refractivity contribution in [2.24, 2.45) is 0 Å². The Hall–Kier alpha value is -1.75. The van der Waals surface area contributed by atoms with Crippen molar-refractivity contribution < 1.29 is 14.3 Å². The molecule has 0 aromatic heterocycles. The molecule has 3 N–H and O–H groups in total. The summed E-state index contributed by atoms with van der Waals surface area (Å²) in [6, 6.07) is 5.32. The van der Waals surface area contributed by atoms with Gasteiger partial charge in [0.05, 0.1) is 19.3 Å². The molecular formula is C14H22N2O3. The number of ether oxygens (including phenoxy) is 2. The topological polar surface area (TPSA) is 73.6 Å². The Morgan fingerprint density at radius 1 is 1.42 bits per heavy atom. The maximum absolute atomic E-state index is 11.7. The third kappa shape index (κ3) is 4.44. The predicted molar refractivity (Wildman–Crippen MR) is 76.4 cm³/mol. The van der Waals surface area contributed by atoms with Crippen molar-refractivity contribution in [2.45, 2.75) is 25.8 Å². The highest BCUT2D eigenvalue weighted by atomic mass is 16.5. The average Bonchev–Trinajstić information content (AvgIpc) is 2.40. The molecule has 0 saturated heterocycles. The van der Waals surface area contributed by atoms with E-state index in [1.807, 2.05) is 0 Å². The average molecular weight is 266 g/mol. The van der Waals surface area contributed by atoms with Gasteiger partial charge in [0.15, 0.2) is 0 Å². The molecule has 19 heavy (non-hydrogen) atoms. The number of carbonyl (C=O) groups is 1. The van der Waals surface area contributed by atoms with E-state index in [1.165, 1.54) is 7.11 Å². The number of benzene rings is 1. The molecule has 0 spiro atoms. The molecule has 1 atom stereocenters. The smallest absolute Gasteiger partial charge is 0.340 e. The van der Waals surface area contributed by atoms with Gasteiger partial charge in [0, 0.05) is 24.5 Å². The number of rotatable bonds is 7. The van der Waals surface area contributed by atoms with E-state index >= 15 is 0 Å². The number of hydrogen-bond donors (Lipinski definition) is 2. The first-order valence-corrected chi connectivity index (χ1v) is 6.35. The predicted octanol–water partition coefficient (Wildman–Crippen LogP) is 2.28. The van der Waals surface area contributed by atoms with Gasteiger partial charge < -0.3 is 20.5 Å². The van der Waals surface area contributed by atoms with Gasteiger partial charge in [-0.2, -0.15) is 0 Å². The molecule has 0 saturated carbocycles. The quantitative estimate of drug-likeness (QED) is 0.585. The Morgan fingerprint density at radius 2 is 2.16 bits per heavy atom. The van der Waals surface area contributed by atoms with E-state index in [4.69, 9.17) is 15.2 Å². The van der Waals surface area contributed by atoms with Gasteiger partial charge >= 0.3 is 5.97 Å². The zero-order chi connectivity index (χ0) is 14.3. The van der Waals surface area contributed by atoms with Gasteiger partial charge in [-0.1, -0.05) is 13.3 Å². The zero-order valence-corrected chi connectivity index (χ0v) is 11.7. The number of anilines is 2. The van der Waals surface area contributed by atoms with Crippen molar-refractivity contribution in [3.8, 4) is 0 Å². The number of hydrogen-bond acceptors (Lipinski definition) is 5. The van der Waals surface area contributed by atoms with Gasteiger partial charge in [-0.05, 0) is 24.6 Å². The lowest BCUT2D eigenvalue weighted by Crippen LogP contribution is -2.26. The number of nitrogens with one attached hydrogen (secondary N) is 1. The molecule has 0 amide bonds. The van der Waals surface area contributed by atoms with Crippen LogP contribution in [-0.2, 0) is 9.47 Å². The van der Waals surface area contributed by atoms with E-state index in [0.29, 0.717) is 17.9 Å². The third-order valence-electron chi connectivity index (χ3n) is 2.81. The molecule has 5 heteroatoms. The van der Waals surface area contributed by atoms with Crippen LogP contribution in [0.4, 0.5) is 11.4 Å². The van der Waals surface area contributed by atoms with Crippen molar-refractivity contribution >= 4 is 17.3 Å². The molecule has 5 nitrogen and oxygen atoms in total. The summed E-state index contributed by atoms with van der Waals surface area (Å²) >= 11 is 0. The summed E-state index contributed by atoms with van der Waals surface area (Å²) in [7, 11) is 3.02. The lowest BCUT2D eigenvalue weighted by molar-refractivity contribution is 0.0601. The van der Waals surface area contributed by atoms with Gasteiger partial charge in [0.25, 0.3) is 0 Å². The second-order valence-corrected chi connectivity index (χ2v) is 4.38. The molecular weight excluding hydrogens is 244 g/mol. The van der Waals surface area contributed by atoms with Crippen LogP contribution in [0.15, 0.2) is 18.2 Å². The Bertz CT molecular complexity index is 415. The largest absolute Gasteiger partial charge is 0.465 e. The maximum Gasteiger partial charge on any atom is 0.340 e. The van der Waals surface area contributed by atoms with Crippen LogP contribution in [0, 0.1) is 0 Å². The normalized spacial score (nSPS) is 11.9. The molecule has 0 radical (unpaired) electrons. The lowest BCUT2D eigenvalue weighted by Gasteiger charge is -2.20. The fourth-order valence-electron chi connectivity index (χ4n) is 1.93. The second kappa shape index (κ2) is 7.63. The van der Waals surface area contributed by atoms with Crippen LogP contribution in [0.3, 0.4) is 0 Å². The fraction of sp³-hybridized carbons (Fsp3) is 0.500. The Morgan fingerprint density at radius 3 is 2.74 bits per heavy atom. The number of esters is 1. The van der Waals surface area contributed by atoms with Crippen LogP contribution < -0.4 is 11.1 Å². The Kier molecular flexibility index (Phi) is 6.15. The van der Waals surface area contributed by atoms with Gasteiger partial charge in [0.2, 0.25) is 0 Å². The number of carbonyl (C=O) groups excluding carboxylic acids is 1. The Balaban J connectivity index is 2.94.